The summed E-state index contributed by atoms with van der Waals surface area (Å²) in [6.07, 6.45) is 4.51. The Bertz CT molecular complexity index is 1010. The molecule has 4 rings (SSSR count). The first kappa shape index (κ1) is 15.0. The molecule has 0 aliphatic heterocycles. The topological polar surface area (TPSA) is 43.6 Å². The van der Waals surface area contributed by atoms with Crippen molar-refractivity contribution in [2.24, 2.45) is 0 Å². The minimum absolute atomic E-state index is 0.334. The summed E-state index contributed by atoms with van der Waals surface area (Å²) in [4.78, 5) is 8.31. The highest BCUT2D eigenvalue weighted by Gasteiger charge is 2.09. The van der Waals surface area contributed by atoms with E-state index >= 15 is 0 Å². The number of hydrogen-bond acceptors (Lipinski definition) is 4. The molecule has 0 aliphatic rings. The van der Waals surface area contributed by atoms with E-state index in [1.807, 2.05) is 24.3 Å². The third kappa shape index (κ3) is 2.81. The maximum atomic E-state index is 14.3. The van der Waals surface area contributed by atoms with Gasteiger partial charge in [0.15, 0.2) is 0 Å². The molecular formula is C17H10ClFN4S. The Kier molecular flexibility index (Phi) is 3.84. The highest BCUT2D eigenvalue weighted by molar-refractivity contribution is 7.20. The van der Waals surface area contributed by atoms with Crippen LogP contribution in [0.1, 0.15) is 10.6 Å². The van der Waals surface area contributed by atoms with Crippen molar-refractivity contribution in [3.05, 3.63) is 71.5 Å². The Morgan fingerprint density at radius 2 is 2.08 bits per heavy atom. The highest BCUT2D eigenvalue weighted by atomic mass is 35.5. The second-order valence-corrected chi connectivity index (χ2v) is 6.47. The Morgan fingerprint density at radius 1 is 1.21 bits per heavy atom. The molecule has 24 heavy (non-hydrogen) atoms. The molecule has 4 nitrogen and oxygen atoms in total. The Morgan fingerprint density at radius 3 is 2.83 bits per heavy atom. The van der Waals surface area contributed by atoms with Gasteiger partial charge in [0.05, 0.1) is 15.2 Å². The molecule has 0 atom stereocenters. The van der Waals surface area contributed by atoms with Crippen LogP contribution >= 0.6 is 22.9 Å². The van der Waals surface area contributed by atoms with Crippen molar-refractivity contribution in [2.45, 2.75) is 0 Å². The number of benzene rings is 2. The first-order valence-electron chi connectivity index (χ1n) is 7.08. The van der Waals surface area contributed by atoms with Crippen LogP contribution in [0.15, 0.2) is 55.1 Å². The van der Waals surface area contributed by atoms with E-state index in [0.29, 0.717) is 21.3 Å². The quantitative estimate of drug-likeness (QED) is 0.532. The normalized spacial score (nSPS) is 12.0. The predicted octanol–water partition coefficient (Wildman–Crippen LogP) is 4.75. The minimum Gasteiger partial charge on any atom is -0.235 e. The van der Waals surface area contributed by atoms with E-state index in [1.165, 1.54) is 34.7 Å². The van der Waals surface area contributed by atoms with Gasteiger partial charge in [0.2, 0.25) is 0 Å². The predicted molar refractivity (Wildman–Crippen MR) is 94.7 cm³/mol. The fourth-order valence-corrected chi connectivity index (χ4v) is 3.47. The van der Waals surface area contributed by atoms with Crippen molar-refractivity contribution in [2.75, 3.05) is 0 Å². The second-order valence-electron chi connectivity index (χ2n) is 5.03. The molecule has 2 aromatic heterocycles. The lowest BCUT2D eigenvalue weighted by molar-refractivity contribution is 0.610. The standard InChI is InChI=1S/C17H10ClFN4S/c18-12(17-22-14-3-1-2-4-16(14)24-17)7-11-5-6-15(13(19)8-11)23-10-20-9-21-23/h1-10H/b12-7-. The van der Waals surface area contributed by atoms with E-state index in [-0.39, 0.29) is 0 Å². The minimum atomic E-state index is -0.400. The summed E-state index contributed by atoms with van der Waals surface area (Å²) in [6.45, 7) is 0. The van der Waals surface area contributed by atoms with Gasteiger partial charge in [0.25, 0.3) is 0 Å². The Labute approximate surface area is 145 Å². The van der Waals surface area contributed by atoms with Crippen LogP contribution < -0.4 is 0 Å². The average Bonchev–Trinajstić information content (AvgIpc) is 3.24. The summed E-state index contributed by atoms with van der Waals surface area (Å²) in [5, 5.41) is 5.11. The van der Waals surface area contributed by atoms with Gasteiger partial charge in [-0.15, -0.1) is 11.3 Å². The highest BCUT2D eigenvalue weighted by Crippen LogP contribution is 2.30. The summed E-state index contributed by atoms with van der Waals surface area (Å²) in [7, 11) is 0. The van der Waals surface area contributed by atoms with Gasteiger partial charge < -0.3 is 0 Å². The second kappa shape index (κ2) is 6.14. The van der Waals surface area contributed by atoms with E-state index in [4.69, 9.17) is 11.6 Å². The molecular weight excluding hydrogens is 347 g/mol. The molecule has 0 N–H and O–H groups in total. The molecule has 2 heterocycles. The maximum Gasteiger partial charge on any atom is 0.149 e. The number of nitrogens with zero attached hydrogens (tertiary/aromatic N) is 4. The monoisotopic (exact) mass is 356 g/mol. The van der Waals surface area contributed by atoms with Crippen LogP contribution in [0, 0.1) is 5.82 Å². The van der Waals surface area contributed by atoms with Crippen molar-refractivity contribution >= 4 is 44.3 Å². The van der Waals surface area contributed by atoms with Crippen LogP contribution in [0.25, 0.3) is 27.0 Å². The van der Waals surface area contributed by atoms with Crippen LogP contribution in [0.3, 0.4) is 0 Å². The third-order valence-electron chi connectivity index (χ3n) is 3.43. The Balaban J connectivity index is 1.68. The van der Waals surface area contributed by atoms with Crippen LogP contribution in [-0.4, -0.2) is 19.7 Å². The molecule has 0 radical (unpaired) electrons. The van der Waals surface area contributed by atoms with E-state index in [2.05, 4.69) is 15.1 Å². The third-order valence-corrected chi connectivity index (χ3v) is 4.90. The smallest absolute Gasteiger partial charge is 0.149 e. The van der Waals surface area contributed by atoms with Crippen molar-refractivity contribution in [1.29, 1.82) is 0 Å². The molecule has 0 fully saturated rings. The van der Waals surface area contributed by atoms with Gasteiger partial charge in [0, 0.05) is 0 Å². The summed E-state index contributed by atoms with van der Waals surface area (Å²) in [5.41, 5.74) is 1.89. The van der Waals surface area contributed by atoms with Gasteiger partial charge in [-0.1, -0.05) is 29.8 Å². The van der Waals surface area contributed by atoms with Gasteiger partial charge in [-0.05, 0) is 35.9 Å². The molecule has 4 aromatic rings. The number of para-hydroxylation sites is 1. The zero-order chi connectivity index (χ0) is 16.5. The van der Waals surface area contributed by atoms with E-state index in [1.54, 1.807) is 18.2 Å². The molecule has 0 saturated carbocycles. The summed E-state index contributed by atoms with van der Waals surface area (Å²) >= 11 is 7.87. The van der Waals surface area contributed by atoms with Crippen LogP contribution in [0.4, 0.5) is 4.39 Å². The molecule has 0 unspecified atom stereocenters. The van der Waals surface area contributed by atoms with Crippen molar-refractivity contribution in [3.63, 3.8) is 0 Å². The molecule has 0 aliphatic carbocycles. The SMILES string of the molecule is Fc1cc(/C=C(\Cl)c2nc3ccccc3s2)ccc1-n1cncn1. The molecule has 2 aromatic carbocycles. The lowest BCUT2D eigenvalue weighted by Gasteiger charge is -2.03. The molecule has 118 valence electrons. The largest absolute Gasteiger partial charge is 0.235 e. The van der Waals surface area contributed by atoms with E-state index in [9.17, 15) is 4.39 Å². The zero-order valence-corrected chi connectivity index (χ0v) is 13.8. The van der Waals surface area contributed by atoms with Gasteiger partial charge in [-0.25, -0.2) is 19.0 Å². The number of thiazole rings is 1. The first-order chi connectivity index (χ1) is 11.7. The number of halogens is 2. The van der Waals surface area contributed by atoms with Gasteiger partial charge in [-0.2, -0.15) is 5.10 Å². The number of hydrogen-bond donors (Lipinski definition) is 0. The zero-order valence-electron chi connectivity index (χ0n) is 12.2. The van der Waals surface area contributed by atoms with E-state index in [0.717, 1.165) is 10.2 Å². The number of fused-ring (bicyclic) bond motifs is 1. The van der Waals surface area contributed by atoms with E-state index < -0.39 is 5.82 Å². The van der Waals surface area contributed by atoms with Crippen LogP contribution in [0.5, 0.6) is 0 Å². The average molecular weight is 357 g/mol. The van der Waals surface area contributed by atoms with Gasteiger partial charge in [0.1, 0.15) is 29.2 Å². The molecule has 0 bridgehead atoms. The molecule has 0 amide bonds. The van der Waals surface area contributed by atoms with Gasteiger partial charge >= 0.3 is 0 Å². The fourth-order valence-electron chi connectivity index (χ4n) is 2.31. The van der Waals surface area contributed by atoms with Crippen molar-refractivity contribution < 1.29 is 4.39 Å². The maximum absolute atomic E-state index is 14.3. The number of aromatic nitrogens is 4. The fraction of sp³-hybridized carbons (Fsp3) is 0. The summed E-state index contributed by atoms with van der Waals surface area (Å²) < 4.78 is 16.7. The number of rotatable bonds is 3. The van der Waals surface area contributed by atoms with Crippen LogP contribution in [0.2, 0.25) is 0 Å². The summed E-state index contributed by atoms with van der Waals surface area (Å²) in [5.74, 6) is -0.400. The first-order valence-corrected chi connectivity index (χ1v) is 8.28. The van der Waals surface area contributed by atoms with Gasteiger partial charge in [-0.3, -0.25) is 0 Å². The molecule has 7 heteroatoms. The lowest BCUT2D eigenvalue weighted by Crippen LogP contribution is -1.98. The van der Waals surface area contributed by atoms with Crippen LogP contribution in [-0.2, 0) is 0 Å². The summed E-state index contributed by atoms with van der Waals surface area (Å²) in [6, 6.07) is 12.6. The van der Waals surface area contributed by atoms with Crippen molar-refractivity contribution in [3.8, 4) is 5.69 Å². The molecule has 0 saturated heterocycles. The lowest BCUT2D eigenvalue weighted by atomic mass is 10.2. The molecule has 0 spiro atoms. The van der Waals surface area contributed by atoms with Crippen molar-refractivity contribution in [1.82, 2.24) is 19.7 Å². The Hall–Kier alpha value is -2.57.